The summed E-state index contributed by atoms with van der Waals surface area (Å²) >= 11 is 0. The molecule has 2 N–H and O–H groups in total. The summed E-state index contributed by atoms with van der Waals surface area (Å²) in [6.45, 7) is 6.46. The van der Waals surface area contributed by atoms with Crippen LogP contribution < -0.4 is 5.32 Å². The van der Waals surface area contributed by atoms with Gasteiger partial charge in [0.15, 0.2) is 0 Å². The van der Waals surface area contributed by atoms with Crippen molar-refractivity contribution in [1.82, 2.24) is 10.2 Å². The zero-order valence-electron chi connectivity index (χ0n) is 9.90. The van der Waals surface area contributed by atoms with Gasteiger partial charge in [-0.15, -0.1) is 0 Å². The Morgan fingerprint density at radius 3 is 2.62 bits per heavy atom. The van der Waals surface area contributed by atoms with Crippen molar-refractivity contribution in [3.8, 4) is 0 Å². The van der Waals surface area contributed by atoms with Crippen molar-refractivity contribution in [3.05, 3.63) is 0 Å². The summed E-state index contributed by atoms with van der Waals surface area (Å²) in [5.41, 5.74) is 0. The first kappa shape index (κ1) is 13.0. The molecule has 92 valence electrons. The van der Waals surface area contributed by atoms with Crippen LogP contribution in [0.2, 0.25) is 0 Å². The Hall–Kier alpha value is -1.10. The molecular formula is C11H20N2O3. The van der Waals surface area contributed by atoms with Gasteiger partial charge >= 0.3 is 5.97 Å². The number of aliphatic carboxylic acids is 1. The average molecular weight is 228 g/mol. The van der Waals surface area contributed by atoms with E-state index in [4.69, 9.17) is 5.11 Å². The predicted molar refractivity (Wildman–Crippen MR) is 60.0 cm³/mol. The first-order chi connectivity index (χ1) is 7.56. The SMILES string of the molecule is CCNCCC(=O)N1CC(C(C)C(=O)O)C1. The summed E-state index contributed by atoms with van der Waals surface area (Å²) in [7, 11) is 0. The van der Waals surface area contributed by atoms with Gasteiger partial charge in [0.2, 0.25) is 5.91 Å². The van der Waals surface area contributed by atoms with Crippen molar-refractivity contribution >= 4 is 11.9 Å². The Labute approximate surface area is 95.8 Å². The van der Waals surface area contributed by atoms with Crippen LogP contribution in [-0.2, 0) is 9.59 Å². The molecule has 1 heterocycles. The molecule has 1 aliphatic rings. The number of hydrogen-bond donors (Lipinski definition) is 2. The number of nitrogens with one attached hydrogen (secondary N) is 1. The molecule has 0 aromatic heterocycles. The summed E-state index contributed by atoms with van der Waals surface area (Å²) in [5, 5.41) is 11.9. The van der Waals surface area contributed by atoms with Gasteiger partial charge in [0, 0.05) is 32.0 Å². The van der Waals surface area contributed by atoms with Crippen LogP contribution in [-0.4, -0.2) is 48.1 Å². The monoisotopic (exact) mass is 228 g/mol. The van der Waals surface area contributed by atoms with E-state index in [1.54, 1.807) is 11.8 Å². The number of carbonyl (C=O) groups is 2. The lowest BCUT2D eigenvalue weighted by Crippen LogP contribution is -2.53. The molecule has 0 aliphatic carbocycles. The molecule has 1 fully saturated rings. The Morgan fingerprint density at radius 1 is 1.50 bits per heavy atom. The molecule has 1 atom stereocenters. The zero-order valence-corrected chi connectivity index (χ0v) is 9.90. The molecule has 1 amide bonds. The fraction of sp³-hybridized carbons (Fsp3) is 0.818. The van der Waals surface area contributed by atoms with Crippen LogP contribution in [0.25, 0.3) is 0 Å². The van der Waals surface area contributed by atoms with Crippen molar-refractivity contribution in [1.29, 1.82) is 0 Å². The topological polar surface area (TPSA) is 69.6 Å². The van der Waals surface area contributed by atoms with Crippen LogP contribution in [0, 0.1) is 11.8 Å². The number of nitrogens with zero attached hydrogens (tertiary/aromatic N) is 1. The molecule has 0 aromatic rings. The van der Waals surface area contributed by atoms with Crippen LogP contribution >= 0.6 is 0 Å². The van der Waals surface area contributed by atoms with Crippen LogP contribution in [0.15, 0.2) is 0 Å². The molecule has 5 heteroatoms. The smallest absolute Gasteiger partial charge is 0.306 e. The molecule has 1 saturated heterocycles. The van der Waals surface area contributed by atoms with Crippen molar-refractivity contribution in [2.45, 2.75) is 20.3 Å². The van der Waals surface area contributed by atoms with Gasteiger partial charge in [0.05, 0.1) is 5.92 Å². The van der Waals surface area contributed by atoms with Crippen molar-refractivity contribution in [3.63, 3.8) is 0 Å². The lowest BCUT2D eigenvalue weighted by atomic mass is 9.87. The van der Waals surface area contributed by atoms with Gasteiger partial charge in [-0.2, -0.15) is 0 Å². The van der Waals surface area contributed by atoms with Gasteiger partial charge in [0.25, 0.3) is 0 Å². The first-order valence-corrected chi connectivity index (χ1v) is 5.77. The second-order valence-corrected chi connectivity index (χ2v) is 4.29. The van der Waals surface area contributed by atoms with E-state index in [-0.39, 0.29) is 17.7 Å². The second-order valence-electron chi connectivity index (χ2n) is 4.29. The van der Waals surface area contributed by atoms with Gasteiger partial charge in [0.1, 0.15) is 0 Å². The van der Waals surface area contributed by atoms with E-state index in [1.165, 1.54) is 0 Å². The minimum atomic E-state index is -0.773. The van der Waals surface area contributed by atoms with Crippen molar-refractivity contribution < 1.29 is 14.7 Å². The van der Waals surface area contributed by atoms with E-state index in [2.05, 4.69) is 5.32 Å². The summed E-state index contributed by atoms with van der Waals surface area (Å²) in [6, 6.07) is 0. The third kappa shape index (κ3) is 3.20. The number of amides is 1. The van der Waals surface area contributed by atoms with Gasteiger partial charge in [-0.05, 0) is 6.54 Å². The highest BCUT2D eigenvalue weighted by Crippen LogP contribution is 2.24. The Bertz CT molecular complexity index is 262. The predicted octanol–water partition coefficient (Wildman–Crippen LogP) is 0.165. The molecule has 0 aromatic carbocycles. The van der Waals surface area contributed by atoms with Gasteiger partial charge in [-0.25, -0.2) is 0 Å². The van der Waals surface area contributed by atoms with Crippen molar-refractivity contribution in [2.24, 2.45) is 11.8 Å². The maximum atomic E-state index is 11.6. The molecule has 0 bridgehead atoms. The van der Waals surface area contributed by atoms with E-state index >= 15 is 0 Å². The maximum Gasteiger partial charge on any atom is 0.306 e. The van der Waals surface area contributed by atoms with Crippen molar-refractivity contribution in [2.75, 3.05) is 26.2 Å². The molecule has 1 rings (SSSR count). The zero-order chi connectivity index (χ0) is 12.1. The number of carboxylic acids is 1. The average Bonchev–Trinajstić information content (AvgIpc) is 2.15. The number of rotatable bonds is 6. The third-order valence-corrected chi connectivity index (χ3v) is 3.12. The summed E-state index contributed by atoms with van der Waals surface area (Å²) in [5.74, 6) is -0.877. The molecular weight excluding hydrogens is 208 g/mol. The molecule has 0 saturated carbocycles. The van der Waals surface area contributed by atoms with Gasteiger partial charge < -0.3 is 15.3 Å². The van der Waals surface area contributed by atoms with Gasteiger partial charge in [-0.1, -0.05) is 13.8 Å². The quantitative estimate of drug-likeness (QED) is 0.636. The number of carbonyl (C=O) groups excluding carboxylic acids is 1. The molecule has 0 spiro atoms. The molecule has 0 radical (unpaired) electrons. The lowest BCUT2D eigenvalue weighted by Gasteiger charge is -2.41. The van der Waals surface area contributed by atoms with Crippen LogP contribution in [0.5, 0.6) is 0 Å². The van der Waals surface area contributed by atoms with E-state index in [0.717, 1.165) is 6.54 Å². The molecule has 5 nitrogen and oxygen atoms in total. The largest absolute Gasteiger partial charge is 0.481 e. The van der Waals surface area contributed by atoms with Crippen LogP contribution in [0.4, 0.5) is 0 Å². The van der Waals surface area contributed by atoms with Crippen LogP contribution in [0.3, 0.4) is 0 Å². The maximum absolute atomic E-state index is 11.6. The first-order valence-electron chi connectivity index (χ1n) is 5.77. The normalized spacial score (nSPS) is 18.0. The Balaban J connectivity index is 2.20. The standard InChI is InChI=1S/C11H20N2O3/c1-3-12-5-4-10(14)13-6-9(7-13)8(2)11(15)16/h8-9,12H,3-7H2,1-2H3,(H,15,16). The van der Waals surface area contributed by atoms with E-state index in [9.17, 15) is 9.59 Å². The fourth-order valence-corrected chi connectivity index (χ4v) is 1.76. The molecule has 16 heavy (non-hydrogen) atoms. The number of likely N-dealkylation sites (tertiary alicyclic amines) is 1. The fourth-order valence-electron chi connectivity index (χ4n) is 1.76. The molecule has 1 unspecified atom stereocenters. The Kier molecular flexibility index (Phi) is 4.73. The van der Waals surface area contributed by atoms with E-state index in [1.807, 2.05) is 6.92 Å². The minimum Gasteiger partial charge on any atom is -0.481 e. The highest BCUT2D eigenvalue weighted by molar-refractivity contribution is 5.78. The number of carboxylic acid groups (broad SMARTS) is 1. The van der Waals surface area contributed by atoms with E-state index in [0.29, 0.717) is 26.1 Å². The second kappa shape index (κ2) is 5.84. The minimum absolute atomic E-state index is 0.120. The number of hydrogen-bond acceptors (Lipinski definition) is 3. The summed E-state index contributed by atoms with van der Waals surface area (Å²) < 4.78 is 0. The molecule has 1 aliphatic heterocycles. The van der Waals surface area contributed by atoms with Gasteiger partial charge in [-0.3, -0.25) is 9.59 Å². The summed E-state index contributed by atoms with van der Waals surface area (Å²) in [4.78, 5) is 24.0. The van der Waals surface area contributed by atoms with E-state index < -0.39 is 5.97 Å². The highest BCUT2D eigenvalue weighted by atomic mass is 16.4. The highest BCUT2D eigenvalue weighted by Gasteiger charge is 2.36. The van der Waals surface area contributed by atoms with Crippen LogP contribution in [0.1, 0.15) is 20.3 Å². The lowest BCUT2D eigenvalue weighted by molar-refractivity contribution is -0.150. The Morgan fingerprint density at radius 2 is 2.12 bits per heavy atom. The summed E-state index contributed by atoms with van der Waals surface area (Å²) in [6.07, 6.45) is 0.502. The third-order valence-electron chi connectivity index (χ3n) is 3.12.